The zero-order valence-electron chi connectivity index (χ0n) is 15.4. The molecule has 1 N–H and O–H groups in total. The fourth-order valence-corrected chi connectivity index (χ4v) is 2.32. The second kappa shape index (κ2) is 9.94. The van der Waals surface area contributed by atoms with Gasteiger partial charge in [0.05, 0.1) is 6.54 Å². The third-order valence-electron chi connectivity index (χ3n) is 3.79. The summed E-state index contributed by atoms with van der Waals surface area (Å²) in [7, 11) is 1.73. The van der Waals surface area contributed by atoms with Gasteiger partial charge >= 0.3 is 0 Å². The van der Waals surface area contributed by atoms with Crippen LogP contribution in [-0.2, 0) is 6.54 Å². The Bertz CT molecular complexity index is 826. The number of allylic oxidation sites excluding steroid dienone is 2. The predicted molar refractivity (Wildman–Crippen MR) is 113 cm³/mol. The number of nitrogens with zero attached hydrogens (tertiary/aromatic N) is 2. The number of aryl methyl sites for hydroxylation is 1. The van der Waals surface area contributed by atoms with Gasteiger partial charge in [-0.15, -0.1) is 0 Å². The summed E-state index contributed by atoms with van der Waals surface area (Å²) < 4.78 is 0. The highest BCUT2D eigenvalue weighted by atomic mass is 15.1. The van der Waals surface area contributed by atoms with Gasteiger partial charge in [-0.1, -0.05) is 91.5 Å². The molecule has 0 aliphatic carbocycles. The first-order chi connectivity index (χ1) is 12.6. The number of rotatable bonds is 6. The van der Waals surface area contributed by atoms with Crippen molar-refractivity contribution in [2.24, 2.45) is 9.98 Å². The van der Waals surface area contributed by atoms with Crippen LogP contribution < -0.4 is 5.32 Å². The molecule has 26 heavy (non-hydrogen) atoms. The van der Waals surface area contributed by atoms with Gasteiger partial charge in [-0.3, -0.25) is 9.98 Å². The van der Waals surface area contributed by atoms with Crippen molar-refractivity contribution in [3.05, 3.63) is 108 Å². The van der Waals surface area contributed by atoms with Gasteiger partial charge in [0.1, 0.15) is 11.7 Å². The highest BCUT2D eigenvalue weighted by Gasteiger charge is 2.08. The second-order valence-corrected chi connectivity index (χ2v) is 5.83. The van der Waals surface area contributed by atoms with E-state index in [4.69, 9.17) is 4.99 Å². The zero-order valence-corrected chi connectivity index (χ0v) is 15.4. The Morgan fingerprint density at radius 3 is 2.38 bits per heavy atom. The van der Waals surface area contributed by atoms with Crippen molar-refractivity contribution in [2.45, 2.75) is 13.5 Å². The van der Waals surface area contributed by atoms with Crippen LogP contribution in [0.1, 0.15) is 16.7 Å². The highest BCUT2D eigenvalue weighted by Crippen LogP contribution is 2.07. The smallest absolute Gasteiger partial charge is 0.134 e. The first-order valence-electron chi connectivity index (χ1n) is 8.51. The van der Waals surface area contributed by atoms with Gasteiger partial charge in [0.25, 0.3) is 0 Å². The Hall–Kier alpha value is -3.20. The minimum absolute atomic E-state index is 0.587. The van der Waals surface area contributed by atoms with Crippen molar-refractivity contribution in [1.82, 2.24) is 5.32 Å². The summed E-state index contributed by atoms with van der Waals surface area (Å²) in [5.41, 5.74) is 4.17. The predicted octanol–water partition coefficient (Wildman–Crippen LogP) is 4.86. The molecule has 0 aliphatic heterocycles. The molecular weight excluding hydrogens is 318 g/mol. The van der Waals surface area contributed by atoms with E-state index in [1.165, 1.54) is 5.56 Å². The van der Waals surface area contributed by atoms with Crippen LogP contribution in [0, 0.1) is 6.92 Å². The van der Waals surface area contributed by atoms with Crippen LogP contribution >= 0.6 is 0 Å². The van der Waals surface area contributed by atoms with Crippen molar-refractivity contribution >= 4 is 11.7 Å². The van der Waals surface area contributed by atoms with Gasteiger partial charge in [-0.25, -0.2) is 0 Å². The molecule has 132 valence electrons. The first-order valence-corrected chi connectivity index (χ1v) is 8.51. The zero-order chi connectivity index (χ0) is 18.8. The lowest BCUT2D eigenvalue weighted by atomic mass is 10.1. The number of nitrogens with one attached hydrogen (secondary N) is 1. The van der Waals surface area contributed by atoms with Crippen LogP contribution in [0.25, 0.3) is 0 Å². The fourth-order valence-electron chi connectivity index (χ4n) is 2.32. The molecule has 0 aromatic heterocycles. The number of hydrogen-bond acceptors (Lipinski definition) is 2. The van der Waals surface area contributed by atoms with Crippen molar-refractivity contribution < 1.29 is 0 Å². The molecule has 0 fully saturated rings. The molecule has 0 bridgehead atoms. The van der Waals surface area contributed by atoms with Gasteiger partial charge in [0, 0.05) is 18.2 Å². The van der Waals surface area contributed by atoms with Gasteiger partial charge in [0.2, 0.25) is 0 Å². The van der Waals surface area contributed by atoms with Crippen LogP contribution in [0.3, 0.4) is 0 Å². The molecule has 2 rings (SSSR count). The van der Waals surface area contributed by atoms with E-state index in [1.54, 1.807) is 13.1 Å². The quantitative estimate of drug-likeness (QED) is 0.454. The van der Waals surface area contributed by atoms with Crippen molar-refractivity contribution in [1.29, 1.82) is 0 Å². The molecule has 0 saturated carbocycles. The lowest BCUT2D eigenvalue weighted by Crippen LogP contribution is -2.32. The summed E-state index contributed by atoms with van der Waals surface area (Å²) in [4.78, 5) is 9.10. The summed E-state index contributed by atoms with van der Waals surface area (Å²) >= 11 is 0. The lowest BCUT2D eigenvalue weighted by Gasteiger charge is -2.13. The molecule has 0 amide bonds. The number of hydrogen-bond donors (Lipinski definition) is 1. The van der Waals surface area contributed by atoms with E-state index in [1.807, 2.05) is 42.5 Å². The highest BCUT2D eigenvalue weighted by molar-refractivity contribution is 6.15. The molecule has 3 nitrogen and oxygen atoms in total. The van der Waals surface area contributed by atoms with Crippen LogP contribution in [-0.4, -0.2) is 18.7 Å². The largest absolute Gasteiger partial charge is 0.325 e. The number of aliphatic imine (C=N–C) groups is 2. The van der Waals surface area contributed by atoms with Gasteiger partial charge in [0.15, 0.2) is 0 Å². The van der Waals surface area contributed by atoms with E-state index in [9.17, 15) is 0 Å². The number of amidine groups is 2. The van der Waals surface area contributed by atoms with Crippen LogP contribution in [0.2, 0.25) is 0 Å². The Kier molecular flexibility index (Phi) is 7.31. The standard InChI is InChI=1S/C23H25N3/c1-5-6-10-19(3)22(24-4)26-23(21-11-8-7-9-12-21)25-17-20-15-13-18(2)14-16-20/h5-16H,1,3,17H2,2,4H3,(H,24,25,26)/b10-6-. The van der Waals surface area contributed by atoms with E-state index in [0.717, 1.165) is 22.5 Å². The summed E-state index contributed by atoms with van der Waals surface area (Å²) in [6.45, 7) is 10.4. The Balaban J connectivity index is 2.27. The maximum Gasteiger partial charge on any atom is 0.134 e. The molecule has 0 unspecified atom stereocenters. The van der Waals surface area contributed by atoms with Crippen molar-refractivity contribution in [3.8, 4) is 0 Å². The van der Waals surface area contributed by atoms with E-state index in [0.29, 0.717) is 12.4 Å². The average Bonchev–Trinajstić information content (AvgIpc) is 2.68. The maximum atomic E-state index is 4.78. The molecule has 0 atom stereocenters. The first kappa shape index (κ1) is 19.1. The Morgan fingerprint density at radius 2 is 1.77 bits per heavy atom. The SMILES string of the molecule is C=C/C=C\C(=C)C(=NC)NC(=NCc1ccc(C)cc1)c1ccccc1. The van der Waals surface area contributed by atoms with E-state index in [2.05, 4.69) is 54.7 Å². The summed E-state index contributed by atoms with van der Waals surface area (Å²) in [6, 6.07) is 18.4. The lowest BCUT2D eigenvalue weighted by molar-refractivity contribution is 1.05. The molecule has 0 heterocycles. The Labute approximate surface area is 156 Å². The van der Waals surface area contributed by atoms with E-state index < -0.39 is 0 Å². The molecular formula is C23H25N3. The third-order valence-corrected chi connectivity index (χ3v) is 3.79. The molecule has 3 heteroatoms. The summed E-state index contributed by atoms with van der Waals surface area (Å²) in [5.74, 6) is 1.44. The second-order valence-electron chi connectivity index (χ2n) is 5.83. The monoisotopic (exact) mass is 343 g/mol. The normalized spacial score (nSPS) is 12.2. The van der Waals surface area contributed by atoms with Crippen LogP contribution in [0.15, 0.2) is 102 Å². The fraction of sp³-hybridized carbons (Fsp3) is 0.130. The minimum atomic E-state index is 0.587. The van der Waals surface area contributed by atoms with Crippen molar-refractivity contribution in [2.75, 3.05) is 7.05 Å². The van der Waals surface area contributed by atoms with Crippen LogP contribution in [0.5, 0.6) is 0 Å². The molecule has 0 saturated heterocycles. The van der Waals surface area contributed by atoms with Gasteiger partial charge < -0.3 is 5.32 Å². The molecule has 0 aliphatic rings. The van der Waals surface area contributed by atoms with E-state index in [-0.39, 0.29) is 0 Å². The van der Waals surface area contributed by atoms with E-state index >= 15 is 0 Å². The Morgan fingerprint density at radius 1 is 1.08 bits per heavy atom. The van der Waals surface area contributed by atoms with Gasteiger partial charge in [-0.05, 0) is 12.5 Å². The molecule has 2 aromatic rings. The topological polar surface area (TPSA) is 36.8 Å². The molecule has 0 radical (unpaired) electrons. The summed E-state index contributed by atoms with van der Waals surface area (Å²) in [5, 5.41) is 3.33. The van der Waals surface area contributed by atoms with Crippen molar-refractivity contribution in [3.63, 3.8) is 0 Å². The molecule has 2 aromatic carbocycles. The average molecular weight is 343 g/mol. The van der Waals surface area contributed by atoms with Crippen LogP contribution in [0.4, 0.5) is 0 Å². The minimum Gasteiger partial charge on any atom is -0.325 e. The molecule has 0 spiro atoms. The third kappa shape index (κ3) is 5.71. The maximum absolute atomic E-state index is 4.78. The number of benzene rings is 2. The van der Waals surface area contributed by atoms with Gasteiger partial charge in [-0.2, -0.15) is 0 Å². The summed E-state index contributed by atoms with van der Waals surface area (Å²) in [6.07, 6.45) is 5.41.